The van der Waals surface area contributed by atoms with E-state index in [1.165, 1.54) is 0 Å². The number of hydrogen-bond donors (Lipinski definition) is 2. The summed E-state index contributed by atoms with van der Waals surface area (Å²) in [6, 6.07) is 7.44. The van der Waals surface area contributed by atoms with Crippen molar-refractivity contribution >= 4 is 21.6 Å². The van der Waals surface area contributed by atoms with Gasteiger partial charge in [-0.15, -0.1) is 0 Å². The molecule has 0 radical (unpaired) electrons. The van der Waals surface area contributed by atoms with Crippen molar-refractivity contribution in [1.29, 1.82) is 5.26 Å². The van der Waals surface area contributed by atoms with Gasteiger partial charge in [-0.3, -0.25) is 0 Å². The number of nitrogens with one attached hydrogen (secondary N) is 1. The fraction of sp³-hybridized carbons (Fsp3) is 0.364. The van der Waals surface area contributed by atoms with Crippen LogP contribution in [0.5, 0.6) is 0 Å². The Balaban J connectivity index is 2.73. The van der Waals surface area contributed by atoms with E-state index in [9.17, 15) is 5.11 Å². The molecule has 80 valence electrons. The van der Waals surface area contributed by atoms with Crippen LogP contribution in [0.2, 0.25) is 0 Å². The molecule has 0 saturated heterocycles. The minimum Gasteiger partial charge on any atom is -0.389 e. The summed E-state index contributed by atoms with van der Waals surface area (Å²) in [5, 5.41) is 21.3. The normalized spacial score (nSPS) is 10.9. The second-order valence-corrected chi connectivity index (χ2v) is 4.83. The summed E-state index contributed by atoms with van der Waals surface area (Å²) < 4.78 is 0.755. The Morgan fingerprint density at radius 1 is 1.53 bits per heavy atom. The number of nitriles is 1. The molecule has 0 aliphatic rings. The molecule has 2 N–H and O–H groups in total. The number of halogens is 1. The Bertz CT molecular complexity index is 391. The zero-order valence-corrected chi connectivity index (χ0v) is 10.3. The highest BCUT2D eigenvalue weighted by Crippen LogP contribution is 2.21. The van der Waals surface area contributed by atoms with Crippen molar-refractivity contribution in [2.75, 3.05) is 11.9 Å². The van der Waals surface area contributed by atoms with E-state index < -0.39 is 5.60 Å². The first-order chi connectivity index (χ1) is 6.92. The van der Waals surface area contributed by atoms with Crippen molar-refractivity contribution in [2.24, 2.45) is 0 Å². The fourth-order valence-electron chi connectivity index (χ4n) is 1.03. The van der Waals surface area contributed by atoms with Crippen LogP contribution in [0.15, 0.2) is 22.7 Å². The quantitative estimate of drug-likeness (QED) is 0.886. The van der Waals surface area contributed by atoms with E-state index in [1.807, 2.05) is 12.1 Å². The van der Waals surface area contributed by atoms with E-state index in [1.54, 1.807) is 19.9 Å². The van der Waals surface area contributed by atoms with Gasteiger partial charge >= 0.3 is 0 Å². The SMILES string of the molecule is CC(C)(O)CNc1ccc(C#N)c(Br)c1. The molecule has 0 saturated carbocycles. The number of aliphatic hydroxyl groups is 1. The molecular weight excluding hydrogens is 256 g/mol. The zero-order valence-electron chi connectivity index (χ0n) is 8.71. The molecule has 0 spiro atoms. The predicted octanol–water partition coefficient (Wildman–Crippen LogP) is 2.50. The molecule has 3 nitrogen and oxygen atoms in total. The van der Waals surface area contributed by atoms with E-state index in [4.69, 9.17) is 5.26 Å². The lowest BCUT2D eigenvalue weighted by Gasteiger charge is -2.18. The third kappa shape index (κ3) is 3.90. The van der Waals surface area contributed by atoms with Crippen LogP contribution in [0, 0.1) is 11.3 Å². The molecule has 1 rings (SSSR count). The molecule has 0 aromatic heterocycles. The summed E-state index contributed by atoms with van der Waals surface area (Å²) in [5.74, 6) is 0. The van der Waals surface area contributed by atoms with Gasteiger partial charge in [0, 0.05) is 16.7 Å². The minimum atomic E-state index is -0.750. The second-order valence-electron chi connectivity index (χ2n) is 3.97. The van der Waals surface area contributed by atoms with E-state index in [0.717, 1.165) is 10.2 Å². The summed E-state index contributed by atoms with van der Waals surface area (Å²) in [6.45, 7) is 3.93. The van der Waals surface area contributed by atoms with Crippen molar-refractivity contribution in [3.63, 3.8) is 0 Å². The third-order valence-electron chi connectivity index (χ3n) is 1.81. The molecule has 0 amide bonds. The standard InChI is InChI=1S/C11H13BrN2O/c1-11(2,15)7-14-9-4-3-8(6-13)10(12)5-9/h3-5,14-15H,7H2,1-2H3. The summed E-state index contributed by atoms with van der Waals surface area (Å²) in [7, 11) is 0. The molecule has 4 heteroatoms. The molecule has 0 aliphatic heterocycles. The van der Waals surface area contributed by atoms with E-state index in [2.05, 4.69) is 27.3 Å². The molecular formula is C11H13BrN2O. The lowest BCUT2D eigenvalue weighted by Crippen LogP contribution is -2.29. The Morgan fingerprint density at radius 2 is 2.20 bits per heavy atom. The van der Waals surface area contributed by atoms with Crippen LogP contribution in [0.25, 0.3) is 0 Å². The van der Waals surface area contributed by atoms with Gasteiger partial charge in [0.25, 0.3) is 0 Å². The van der Waals surface area contributed by atoms with Crippen LogP contribution < -0.4 is 5.32 Å². The fourth-order valence-corrected chi connectivity index (χ4v) is 1.50. The number of hydrogen-bond acceptors (Lipinski definition) is 3. The summed E-state index contributed by atoms with van der Waals surface area (Å²) in [5.41, 5.74) is 0.729. The van der Waals surface area contributed by atoms with Gasteiger partial charge < -0.3 is 10.4 Å². The highest BCUT2D eigenvalue weighted by Gasteiger charge is 2.11. The molecule has 0 heterocycles. The van der Waals surface area contributed by atoms with E-state index in [-0.39, 0.29) is 0 Å². The van der Waals surface area contributed by atoms with Crippen molar-refractivity contribution in [3.8, 4) is 6.07 Å². The maximum atomic E-state index is 9.52. The highest BCUT2D eigenvalue weighted by molar-refractivity contribution is 9.10. The van der Waals surface area contributed by atoms with Gasteiger partial charge in [-0.25, -0.2) is 0 Å². The maximum absolute atomic E-state index is 9.52. The molecule has 0 bridgehead atoms. The van der Waals surface area contributed by atoms with E-state index in [0.29, 0.717) is 12.1 Å². The summed E-state index contributed by atoms with van der Waals surface area (Å²) in [6.07, 6.45) is 0. The van der Waals surface area contributed by atoms with Crippen molar-refractivity contribution < 1.29 is 5.11 Å². The maximum Gasteiger partial charge on any atom is 0.100 e. The van der Waals surface area contributed by atoms with Gasteiger partial charge in [0.15, 0.2) is 0 Å². The van der Waals surface area contributed by atoms with Gasteiger partial charge in [0.2, 0.25) is 0 Å². The molecule has 15 heavy (non-hydrogen) atoms. The van der Waals surface area contributed by atoms with Crippen LogP contribution in [-0.4, -0.2) is 17.3 Å². The minimum absolute atomic E-state index is 0.464. The number of rotatable bonds is 3. The molecule has 0 atom stereocenters. The first-order valence-electron chi connectivity index (χ1n) is 4.58. The van der Waals surface area contributed by atoms with Gasteiger partial charge in [0.1, 0.15) is 6.07 Å². The average molecular weight is 269 g/mol. The molecule has 0 aliphatic carbocycles. The second kappa shape index (κ2) is 4.65. The first-order valence-corrected chi connectivity index (χ1v) is 5.37. The van der Waals surface area contributed by atoms with Gasteiger partial charge in [-0.1, -0.05) is 0 Å². The molecule has 0 unspecified atom stereocenters. The topological polar surface area (TPSA) is 56.0 Å². The van der Waals surface area contributed by atoms with Crippen LogP contribution in [-0.2, 0) is 0 Å². The number of benzene rings is 1. The molecule has 0 fully saturated rings. The van der Waals surface area contributed by atoms with Crippen LogP contribution >= 0.6 is 15.9 Å². The van der Waals surface area contributed by atoms with Gasteiger partial charge in [-0.2, -0.15) is 5.26 Å². The van der Waals surface area contributed by atoms with Crippen LogP contribution in [0.3, 0.4) is 0 Å². The summed E-state index contributed by atoms with van der Waals surface area (Å²) in [4.78, 5) is 0. The van der Waals surface area contributed by atoms with Gasteiger partial charge in [0.05, 0.1) is 11.2 Å². The number of nitrogens with zero attached hydrogens (tertiary/aromatic N) is 1. The number of anilines is 1. The van der Waals surface area contributed by atoms with Crippen molar-refractivity contribution in [1.82, 2.24) is 0 Å². The molecule has 1 aromatic carbocycles. The predicted molar refractivity (Wildman–Crippen MR) is 63.6 cm³/mol. The summed E-state index contributed by atoms with van der Waals surface area (Å²) >= 11 is 3.30. The molecule has 1 aromatic rings. The van der Waals surface area contributed by atoms with E-state index >= 15 is 0 Å². The van der Waals surface area contributed by atoms with Crippen LogP contribution in [0.1, 0.15) is 19.4 Å². The Kier molecular flexibility index (Phi) is 3.72. The Morgan fingerprint density at radius 3 is 2.67 bits per heavy atom. The van der Waals surface area contributed by atoms with Crippen molar-refractivity contribution in [3.05, 3.63) is 28.2 Å². The smallest absolute Gasteiger partial charge is 0.100 e. The van der Waals surface area contributed by atoms with Crippen LogP contribution in [0.4, 0.5) is 5.69 Å². The van der Waals surface area contributed by atoms with Crippen molar-refractivity contribution in [2.45, 2.75) is 19.4 Å². The Labute approximate surface area is 97.9 Å². The lowest BCUT2D eigenvalue weighted by atomic mass is 10.1. The zero-order chi connectivity index (χ0) is 11.5. The largest absolute Gasteiger partial charge is 0.389 e. The third-order valence-corrected chi connectivity index (χ3v) is 2.47. The Hall–Kier alpha value is -1.05. The first kappa shape index (κ1) is 12.0. The monoisotopic (exact) mass is 268 g/mol. The lowest BCUT2D eigenvalue weighted by molar-refractivity contribution is 0.0945. The average Bonchev–Trinajstić information content (AvgIpc) is 2.14. The van der Waals surface area contributed by atoms with Gasteiger partial charge in [-0.05, 0) is 48.0 Å². The highest BCUT2D eigenvalue weighted by atomic mass is 79.9.